The van der Waals surface area contributed by atoms with Crippen molar-refractivity contribution < 1.29 is 18.3 Å². The van der Waals surface area contributed by atoms with Crippen LogP contribution in [0.25, 0.3) is 11.1 Å². The number of nitrogens with one attached hydrogen (secondary N) is 1. The molecule has 0 unspecified atom stereocenters. The highest BCUT2D eigenvalue weighted by atomic mass is 35.5. The molecule has 1 N–H and O–H groups in total. The first kappa shape index (κ1) is 15.0. The maximum atomic E-state index is 12.5. The number of halogens is 4. The number of aromatic nitrogens is 1. The Morgan fingerprint density at radius 3 is 2.73 bits per heavy atom. The summed E-state index contributed by atoms with van der Waals surface area (Å²) in [6.45, 7) is -3.01. The summed E-state index contributed by atoms with van der Waals surface area (Å²) in [4.78, 5) is 15.2. The quantitative estimate of drug-likeness (QED) is 0.909. The van der Waals surface area contributed by atoms with Crippen molar-refractivity contribution in [3.05, 3.63) is 40.1 Å². The number of benzene rings is 1. The molecule has 1 aliphatic heterocycles. The minimum absolute atomic E-state index is 0.145. The third kappa shape index (κ3) is 2.71. The Morgan fingerprint density at radius 1 is 1.23 bits per heavy atom. The van der Waals surface area contributed by atoms with Gasteiger partial charge < -0.3 is 10.1 Å². The molecule has 0 fully saturated rings. The van der Waals surface area contributed by atoms with Crippen molar-refractivity contribution in [1.29, 1.82) is 0 Å². The van der Waals surface area contributed by atoms with E-state index in [2.05, 4.69) is 15.0 Å². The Labute approximate surface area is 134 Å². The second-order valence-corrected chi connectivity index (χ2v) is 5.40. The molecule has 1 aromatic carbocycles. The van der Waals surface area contributed by atoms with E-state index in [0.717, 1.165) is 6.20 Å². The van der Waals surface area contributed by atoms with Gasteiger partial charge in [0.1, 0.15) is 0 Å². The van der Waals surface area contributed by atoms with Gasteiger partial charge in [0.2, 0.25) is 5.91 Å². The summed E-state index contributed by atoms with van der Waals surface area (Å²) in [7, 11) is 0. The van der Waals surface area contributed by atoms with Crippen molar-refractivity contribution in [3.8, 4) is 16.9 Å². The molecule has 0 aliphatic carbocycles. The monoisotopic (exact) mass is 344 g/mol. The first-order valence-electron chi connectivity index (χ1n) is 6.16. The van der Waals surface area contributed by atoms with Gasteiger partial charge in [-0.05, 0) is 23.3 Å². The maximum absolute atomic E-state index is 12.5. The summed E-state index contributed by atoms with van der Waals surface area (Å²) in [6.07, 6.45) is 2.63. The number of amides is 1. The fraction of sp³-hybridized carbons (Fsp3) is 0.143. The molecule has 0 radical (unpaired) electrons. The molecule has 8 heteroatoms. The van der Waals surface area contributed by atoms with Crippen molar-refractivity contribution in [3.63, 3.8) is 0 Å². The van der Waals surface area contributed by atoms with Gasteiger partial charge in [0.25, 0.3) is 0 Å². The zero-order valence-corrected chi connectivity index (χ0v) is 12.4. The summed E-state index contributed by atoms with van der Waals surface area (Å²) in [6, 6.07) is 3.20. The fourth-order valence-electron chi connectivity index (χ4n) is 2.33. The van der Waals surface area contributed by atoms with Crippen molar-refractivity contribution in [1.82, 2.24) is 4.98 Å². The van der Waals surface area contributed by atoms with E-state index in [-0.39, 0.29) is 28.7 Å². The van der Waals surface area contributed by atoms with E-state index >= 15 is 0 Å². The number of nitrogens with zero attached hydrogens (tertiary/aromatic N) is 1. The highest BCUT2D eigenvalue weighted by Crippen LogP contribution is 2.41. The largest absolute Gasteiger partial charge is 0.432 e. The maximum Gasteiger partial charge on any atom is 0.387 e. The van der Waals surface area contributed by atoms with Gasteiger partial charge in [-0.15, -0.1) is 0 Å². The molecule has 0 saturated heterocycles. The first-order chi connectivity index (χ1) is 10.5. The van der Waals surface area contributed by atoms with Crippen LogP contribution in [0.2, 0.25) is 10.0 Å². The predicted octanol–water partition coefficient (Wildman–Crippen LogP) is 4.15. The standard InChI is InChI=1S/C14H8Cl2F2N2O2/c15-8-2-6(1-7-3-11(21)20-13(7)8)12-9(16)4-19-5-10(12)22-14(17)18/h1-2,4-5,14H,3H2,(H,20,21). The Kier molecular flexibility index (Phi) is 3.88. The SMILES string of the molecule is O=C1Cc2cc(-c3c(Cl)cncc3OC(F)F)cc(Cl)c2N1. The van der Waals surface area contributed by atoms with Crippen LogP contribution in [0.15, 0.2) is 24.5 Å². The van der Waals surface area contributed by atoms with Crippen molar-refractivity contribution in [2.45, 2.75) is 13.0 Å². The molecule has 0 atom stereocenters. The van der Waals surface area contributed by atoms with Crippen molar-refractivity contribution in [2.24, 2.45) is 0 Å². The molecule has 1 amide bonds. The van der Waals surface area contributed by atoms with E-state index in [1.807, 2.05) is 0 Å². The fourth-order valence-corrected chi connectivity index (χ4v) is 2.87. The first-order valence-corrected chi connectivity index (χ1v) is 6.92. The number of rotatable bonds is 3. The van der Waals surface area contributed by atoms with E-state index < -0.39 is 6.61 Å². The van der Waals surface area contributed by atoms with Gasteiger partial charge in [0.05, 0.1) is 28.4 Å². The summed E-state index contributed by atoms with van der Waals surface area (Å²) < 4.78 is 29.5. The smallest absolute Gasteiger partial charge is 0.387 e. The number of hydrogen-bond donors (Lipinski definition) is 1. The highest BCUT2D eigenvalue weighted by Gasteiger charge is 2.23. The van der Waals surface area contributed by atoms with E-state index in [1.54, 1.807) is 6.07 Å². The van der Waals surface area contributed by atoms with E-state index in [1.165, 1.54) is 12.3 Å². The second kappa shape index (κ2) is 5.70. The molecule has 2 heterocycles. The van der Waals surface area contributed by atoms with Crippen molar-refractivity contribution >= 4 is 34.8 Å². The molecule has 0 bridgehead atoms. The number of carbonyl (C=O) groups is 1. The van der Waals surface area contributed by atoms with Crippen LogP contribution < -0.4 is 10.1 Å². The minimum Gasteiger partial charge on any atom is -0.432 e. The van der Waals surface area contributed by atoms with Crippen LogP contribution in [0, 0.1) is 0 Å². The van der Waals surface area contributed by atoms with Crippen LogP contribution in [-0.4, -0.2) is 17.5 Å². The third-order valence-corrected chi connectivity index (χ3v) is 3.74. The molecule has 22 heavy (non-hydrogen) atoms. The lowest BCUT2D eigenvalue weighted by Crippen LogP contribution is -2.04. The lowest BCUT2D eigenvalue weighted by atomic mass is 10.0. The average Bonchev–Trinajstić information content (AvgIpc) is 2.79. The molecule has 2 aromatic rings. The molecular weight excluding hydrogens is 337 g/mol. The highest BCUT2D eigenvalue weighted by molar-refractivity contribution is 6.36. The minimum atomic E-state index is -3.01. The Hall–Kier alpha value is -1.92. The number of alkyl halides is 2. The predicted molar refractivity (Wildman–Crippen MR) is 78.7 cm³/mol. The number of carbonyl (C=O) groups excluding carboxylic acids is 1. The van der Waals surface area contributed by atoms with Crippen molar-refractivity contribution in [2.75, 3.05) is 5.32 Å². The summed E-state index contributed by atoms with van der Waals surface area (Å²) in [5.74, 6) is -0.338. The summed E-state index contributed by atoms with van der Waals surface area (Å²) in [5.41, 5.74) is 1.92. The van der Waals surface area contributed by atoms with E-state index in [0.29, 0.717) is 21.8 Å². The van der Waals surface area contributed by atoms with Crippen LogP contribution in [0.5, 0.6) is 5.75 Å². The second-order valence-electron chi connectivity index (χ2n) is 4.59. The molecule has 114 valence electrons. The molecule has 0 saturated carbocycles. The summed E-state index contributed by atoms with van der Waals surface area (Å²) >= 11 is 12.2. The van der Waals surface area contributed by atoms with E-state index in [9.17, 15) is 13.6 Å². The van der Waals surface area contributed by atoms with Crippen LogP contribution in [0.1, 0.15) is 5.56 Å². The zero-order valence-electron chi connectivity index (χ0n) is 10.9. The van der Waals surface area contributed by atoms with Gasteiger partial charge in [-0.25, -0.2) is 0 Å². The topological polar surface area (TPSA) is 51.2 Å². The lowest BCUT2D eigenvalue weighted by Gasteiger charge is -2.13. The van der Waals surface area contributed by atoms with Gasteiger partial charge in [0.15, 0.2) is 5.75 Å². The van der Waals surface area contributed by atoms with Crippen LogP contribution >= 0.6 is 23.2 Å². The molecular formula is C14H8Cl2F2N2O2. The van der Waals surface area contributed by atoms with Gasteiger partial charge in [-0.3, -0.25) is 9.78 Å². The Bertz CT molecular complexity index is 769. The van der Waals surface area contributed by atoms with Gasteiger partial charge in [-0.1, -0.05) is 23.2 Å². The molecule has 1 aromatic heterocycles. The number of anilines is 1. The number of ether oxygens (including phenoxy) is 1. The molecule has 0 spiro atoms. The third-order valence-electron chi connectivity index (χ3n) is 3.16. The van der Waals surface area contributed by atoms with Gasteiger partial charge in [0, 0.05) is 11.8 Å². The molecule has 1 aliphatic rings. The Morgan fingerprint density at radius 2 is 2.00 bits per heavy atom. The lowest BCUT2D eigenvalue weighted by molar-refractivity contribution is -0.115. The average molecular weight is 345 g/mol. The van der Waals surface area contributed by atoms with E-state index in [4.69, 9.17) is 23.2 Å². The zero-order chi connectivity index (χ0) is 15.9. The van der Waals surface area contributed by atoms with Crippen LogP contribution in [0.3, 0.4) is 0 Å². The Balaban J connectivity index is 2.15. The van der Waals surface area contributed by atoms with Gasteiger partial charge >= 0.3 is 6.61 Å². The van der Waals surface area contributed by atoms with Gasteiger partial charge in [-0.2, -0.15) is 8.78 Å². The normalized spacial score (nSPS) is 13.2. The number of fused-ring (bicyclic) bond motifs is 1. The molecule has 4 nitrogen and oxygen atoms in total. The van der Waals surface area contributed by atoms with Crippen LogP contribution in [-0.2, 0) is 11.2 Å². The number of pyridine rings is 1. The summed E-state index contributed by atoms with van der Waals surface area (Å²) in [5, 5.41) is 3.08. The molecule has 3 rings (SSSR count). The van der Waals surface area contributed by atoms with Crippen LogP contribution in [0.4, 0.5) is 14.5 Å². The number of hydrogen-bond acceptors (Lipinski definition) is 3.